The van der Waals surface area contributed by atoms with Crippen molar-refractivity contribution in [1.29, 1.82) is 0 Å². The fourth-order valence-corrected chi connectivity index (χ4v) is 2.83. The first-order valence-corrected chi connectivity index (χ1v) is 7.44. The van der Waals surface area contributed by atoms with Gasteiger partial charge in [-0.2, -0.15) is 0 Å². The van der Waals surface area contributed by atoms with Crippen LogP contribution in [-0.4, -0.2) is 30.1 Å². The number of nitrogens with two attached hydrogens (primary N) is 2. The molecule has 1 saturated carbocycles. The van der Waals surface area contributed by atoms with Gasteiger partial charge in [-0.05, 0) is 25.1 Å². The van der Waals surface area contributed by atoms with E-state index < -0.39 is 28.6 Å². The molecule has 1 aromatic rings. The molecule has 1 fully saturated rings. The van der Waals surface area contributed by atoms with Crippen LogP contribution in [0.3, 0.4) is 0 Å². The fourth-order valence-electron chi connectivity index (χ4n) is 2.83. The van der Waals surface area contributed by atoms with Crippen LogP contribution in [0.4, 0.5) is 10.1 Å². The zero-order valence-electron chi connectivity index (χ0n) is 13.5. The first-order chi connectivity index (χ1) is 10.6. The summed E-state index contributed by atoms with van der Waals surface area (Å²) in [6.07, 6.45) is 0.210. The number of halogens is 1. The average Bonchev–Trinajstić information content (AvgIpc) is 2.48. The zero-order chi connectivity index (χ0) is 17.4. The Balaban J connectivity index is 2.20. The molecule has 0 radical (unpaired) electrons. The van der Waals surface area contributed by atoms with Crippen LogP contribution in [0.25, 0.3) is 0 Å². The summed E-state index contributed by atoms with van der Waals surface area (Å²) in [7, 11) is 0. The normalized spacial score (nSPS) is 25.5. The topological polar surface area (TPSA) is 107 Å². The number of carbonyl (C=O) groups excluding carboxylic acids is 2. The second-order valence-corrected chi connectivity index (χ2v) is 6.35. The van der Waals surface area contributed by atoms with Crippen LogP contribution in [-0.2, 0) is 9.53 Å². The van der Waals surface area contributed by atoms with Crippen molar-refractivity contribution in [3.63, 3.8) is 0 Å². The number of anilines is 1. The second kappa shape index (κ2) is 5.90. The molecule has 2 unspecified atom stereocenters. The van der Waals surface area contributed by atoms with Crippen LogP contribution < -0.4 is 16.8 Å². The smallest absolute Gasteiger partial charge is 0.248 e. The molecule has 126 valence electrons. The lowest BCUT2D eigenvalue weighted by atomic mass is 9.54. The van der Waals surface area contributed by atoms with Gasteiger partial charge in [-0.15, -0.1) is 0 Å². The number of nitrogens with one attached hydrogen (secondary N) is 1. The van der Waals surface area contributed by atoms with Crippen molar-refractivity contribution in [2.75, 3.05) is 11.9 Å². The van der Waals surface area contributed by atoms with Crippen molar-refractivity contribution in [2.24, 2.45) is 16.9 Å². The number of amides is 2. The quantitative estimate of drug-likeness (QED) is 0.761. The summed E-state index contributed by atoms with van der Waals surface area (Å²) >= 11 is 0. The molecule has 1 aromatic carbocycles. The van der Waals surface area contributed by atoms with Crippen LogP contribution in [0.15, 0.2) is 18.2 Å². The van der Waals surface area contributed by atoms with Crippen molar-refractivity contribution in [1.82, 2.24) is 0 Å². The Labute approximate surface area is 134 Å². The molecule has 0 aliphatic heterocycles. The lowest BCUT2D eigenvalue weighted by Crippen LogP contribution is -2.74. The molecule has 23 heavy (non-hydrogen) atoms. The molecule has 7 heteroatoms. The summed E-state index contributed by atoms with van der Waals surface area (Å²) in [4.78, 5) is 23.7. The molecular formula is C16H22FN3O3. The monoisotopic (exact) mass is 323 g/mol. The molecule has 0 saturated heterocycles. The van der Waals surface area contributed by atoms with E-state index >= 15 is 0 Å². The van der Waals surface area contributed by atoms with E-state index in [-0.39, 0.29) is 17.4 Å². The van der Waals surface area contributed by atoms with E-state index in [4.69, 9.17) is 16.2 Å². The molecular weight excluding hydrogens is 301 g/mol. The minimum Gasteiger partial charge on any atom is -0.378 e. The Morgan fingerprint density at radius 1 is 1.43 bits per heavy atom. The molecule has 2 amide bonds. The number of primary amides is 1. The SMILES string of the molecule is CCOC1CC(N)(C(=O)Nc2cc(C(N)=O)ccc2F)C1(C)C. The summed E-state index contributed by atoms with van der Waals surface area (Å²) < 4.78 is 19.4. The zero-order valence-corrected chi connectivity index (χ0v) is 13.5. The molecule has 0 aromatic heterocycles. The maximum absolute atomic E-state index is 13.9. The van der Waals surface area contributed by atoms with Gasteiger partial charge in [-0.1, -0.05) is 13.8 Å². The Hall–Kier alpha value is -1.99. The summed E-state index contributed by atoms with van der Waals surface area (Å²) in [5.41, 5.74) is 9.62. The van der Waals surface area contributed by atoms with Crippen molar-refractivity contribution < 1.29 is 18.7 Å². The molecule has 5 N–H and O–H groups in total. The number of rotatable bonds is 5. The van der Waals surface area contributed by atoms with Gasteiger partial charge >= 0.3 is 0 Å². The van der Waals surface area contributed by atoms with Crippen LogP contribution in [0.5, 0.6) is 0 Å². The Bertz CT molecular complexity index is 647. The van der Waals surface area contributed by atoms with Crippen LogP contribution in [0, 0.1) is 11.2 Å². The number of hydrogen-bond acceptors (Lipinski definition) is 4. The van der Waals surface area contributed by atoms with Crippen molar-refractivity contribution >= 4 is 17.5 Å². The second-order valence-electron chi connectivity index (χ2n) is 6.35. The highest BCUT2D eigenvalue weighted by Gasteiger charge is 2.62. The number of ether oxygens (including phenoxy) is 1. The highest BCUT2D eigenvalue weighted by Crippen LogP contribution is 2.50. The summed E-state index contributed by atoms with van der Waals surface area (Å²) in [5.74, 6) is -1.88. The lowest BCUT2D eigenvalue weighted by Gasteiger charge is -2.57. The van der Waals surface area contributed by atoms with Gasteiger partial charge in [0.1, 0.15) is 11.4 Å². The number of benzene rings is 1. The number of hydrogen-bond donors (Lipinski definition) is 3. The third kappa shape index (κ3) is 2.82. The van der Waals surface area contributed by atoms with Gasteiger partial charge in [0.2, 0.25) is 11.8 Å². The van der Waals surface area contributed by atoms with E-state index in [0.29, 0.717) is 13.0 Å². The van der Waals surface area contributed by atoms with Crippen molar-refractivity contribution in [3.05, 3.63) is 29.6 Å². The first kappa shape index (κ1) is 17.4. The Morgan fingerprint density at radius 2 is 2.09 bits per heavy atom. The van der Waals surface area contributed by atoms with Gasteiger partial charge in [-0.25, -0.2) is 4.39 Å². The molecule has 0 spiro atoms. The maximum Gasteiger partial charge on any atom is 0.248 e. The van der Waals surface area contributed by atoms with Gasteiger partial charge in [0, 0.05) is 24.0 Å². The van der Waals surface area contributed by atoms with Crippen LogP contribution in [0.2, 0.25) is 0 Å². The van der Waals surface area contributed by atoms with E-state index in [0.717, 1.165) is 6.07 Å². The summed E-state index contributed by atoms with van der Waals surface area (Å²) in [5, 5.41) is 2.46. The molecule has 0 heterocycles. The Kier molecular flexibility index (Phi) is 4.45. The van der Waals surface area contributed by atoms with Gasteiger partial charge in [-0.3, -0.25) is 9.59 Å². The maximum atomic E-state index is 13.9. The predicted molar refractivity (Wildman–Crippen MR) is 84.3 cm³/mol. The third-order valence-electron chi connectivity index (χ3n) is 4.73. The highest BCUT2D eigenvalue weighted by atomic mass is 19.1. The standard InChI is InChI=1S/C16H22FN3O3/c1-4-23-12-8-16(19,15(12,2)3)14(22)20-11-7-9(13(18)21)5-6-10(11)17/h5-7,12H,4,8,19H2,1-3H3,(H2,18,21)(H,20,22). The van der Waals surface area contributed by atoms with Gasteiger partial charge in [0.05, 0.1) is 11.8 Å². The van der Waals surface area contributed by atoms with Crippen LogP contribution >= 0.6 is 0 Å². The van der Waals surface area contributed by atoms with E-state index in [1.54, 1.807) is 0 Å². The molecule has 2 rings (SSSR count). The van der Waals surface area contributed by atoms with E-state index in [1.807, 2.05) is 20.8 Å². The largest absolute Gasteiger partial charge is 0.378 e. The number of carbonyl (C=O) groups is 2. The summed E-state index contributed by atoms with van der Waals surface area (Å²) in [6.45, 7) is 6.08. The minimum absolute atomic E-state index is 0.104. The van der Waals surface area contributed by atoms with E-state index in [9.17, 15) is 14.0 Å². The van der Waals surface area contributed by atoms with Crippen LogP contribution in [0.1, 0.15) is 37.6 Å². The first-order valence-electron chi connectivity index (χ1n) is 7.44. The Morgan fingerprint density at radius 3 is 2.61 bits per heavy atom. The molecule has 1 aliphatic carbocycles. The predicted octanol–water partition coefficient (Wildman–Crippen LogP) is 1.40. The molecule has 2 atom stereocenters. The average molecular weight is 323 g/mol. The van der Waals surface area contributed by atoms with E-state index in [1.165, 1.54) is 12.1 Å². The summed E-state index contributed by atoms with van der Waals surface area (Å²) in [6, 6.07) is 3.53. The molecule has 1 aliphatic rings. The highest BCUT2D eigenvalue weighted by molar-refractivity contribution is 6.01. The lowest BCUT2D eigenvalue weighted by molar-refractivity contribution is -0.166. The van der Waals surface area contributed by atoms with E-state index in [2.05, 4.69) is 5.32 Å². The van der Waals surface area contributed by atoms with Gasteiger partial charge < -0.3 is 21.5 Å². The van der Waals surface area contributed by atoms with Crippen molar-refractivity contribution in [3.8, 4) is 0 Å². The van der Waals surface area contributed by atoms with Gasteiger partial charge in [0.15, 0.2) is 0 Å². The minimum atomic E-state index is -1.18. The fraction of sp³-hybridized carbons (Fsp3) is 0.500. The third-order valence-corrected chi connectivity index (χ3v) is 4.73. The molecule has 6 nitrogen and oxygen atoms in total. The van der Waals surface area contributed by atoms with Crippen molar-refractivity contribution in [2.45, 2.75) is 38.8 Å². The van der Waals surface area contributed by atoms with Gasteiger partial charge in [0.25, 0.3) is 0 Å². The molecule has 0 bridgehead atoms.